The van der Waals surface area contributed by atoms with Crippen LogP contribution < -0.4 is 16.6 Å². The Morgan fingerprint density at radius 2 is 1.68 bits per heavy atom. The lowest BCUT2D eigenvalue weighted by Gasteiger charge is -2.38. The molecule has 0 aliphatic heterocycles. The van der Waals surface area contributed by atoms with Gasteiger partial charge in [-0.1, -0.05) is 6.92 Å². The number of aromatic nitrogens is 2. The van der Waals surface area contributed by atoms with Gasteiger partial charge in [0.15, 0.2) is 0 Å². The van der Waals surface area contributed by atoms with Crippen LogP contribution in [0.15, 0.2) is 0 Å². The van der Waals surface area contributed by atoms with Crippen molar-refractivity contribution in [2.45, 2.75) is 59.1 Å². The van der Waals surface area contributed by atoms with Gasteiger partial charge >= 0.3 is 0 Å². The number of anilines is 2. The molecule has 1 rings (SSSR count). The van der Waals surface area contributed by atoms with Crippen molar-refractivity contribution in [1.82, 2.24) is 9.97 Å². The van der Waals surface area contributed by atoms with Crippen molar-refractivity contribution in [1.29, 1.82) is 0 Å². The number of nitrogens with two attached hydrogens (primary N) is 1. The molecular formula is C13H25N5O. The van der Waals surface area contributed by atoms with E-state index >= 15 is 0 Å². The van der Waals surface area contributed by atoms with Crippen molar-refractivity contribution < 1.29 is 5.11 Å². The summed E-state index contributed by atoms with van der Waals surface area (Å²) >= 11 is 0. The molecule has 0 aromatic carbocycles. The second-order valence-corrected chi connectivity index (χ2v) is 5.77. The molecule has 0 saturated heterocycles. The normalized spacial score (nSPS) is 12.4. The van der Waals surface area contributed by atoms with Crippen LogP contribution in [-0.2, 0) is 6.42 Å². The van der Waals surface area contributed by atoms with Crippen LogP contribution in [-0.4, -0.2) is 26.2 Å². The lowest BCUT2D eigenvalue weighted by atomic mass is 9.86. The lowest BCUT2D eigenvalue weighted by Crippen LogP contribution is -2.51. The Morgan fingerprint density at radius 3 is 2.11 bits per heavy atom. The summed E-state index contributed by atoms with van der Waals surface area (Å²) < 4.78 is 0. The van der Waals surface area contributed by atoms with E-state index in [0.717, 1.165) is 5.56 Å². The SMILES string of the molecule is CCc1nc(NN)c(C)c(NC(C)(C)C(C)(C)O)n1. The molecular weight excluding hydrogens is 242 g/mol. The van der Waals surface area contributed by atoms with Gasteiger partial charge in [-0.3, -0.25) is 0 Å². The summed E-state index contributed by atoms with van der Waals surface area (Å²) in [6, 6.07) is 0. The number of nitrogen functional groups attached to an aromatic ring is 1. The Morgan fingerprint density at radius 1 is 1.16 bits per heavy atom. The Hall–Kier alpha value is -1.40. The first-order chi connectivity index (χ1) is 8.62. The number of hydrogen-bond donors (Lipinski definition) is 4. The van der Waals surface area contributed by atoms with Crippen LogP contribution in [0.5, 0.6) is 0 Å². The molecule has 0 spiro atoms. The van der Waals surface area contributed by atoms with Crippen molar-refractivity contribution >= 4 is 11.6 Å². The first-order valence-corrected chi connectivity index (χ1v) is 6.47. The molecule has 0 unspecified atom stereocenters. The maximum Gasteiger partial charge on any atom is 0.148 e. The zero-order chi connectivity index (χ0) is 14.8. The Kier molecular flexibility index (Phi) is 4.37. The van der Waals surface area contributed by atoms with Crippen LogP contribution in [0.4, 0.5) is 11.6 Å². The molecule has 108 valence electrons. The standard InChI is InChI=1S/C13H25N5O/c1-7-9-15-10(8(2)11(16-9)18-14)17-12(3,4)13(5,6)19/h19H,7,14H2,1-6H3,(H2,15,16,17,18). The van der Waals surface area contributed by atoms with Gasteiger partial charge in [-0.05, 0) is 34.6 Å². The van der Waals surface area contributed by atoms with Crippen LogP contribution >= 0.6 is 0 Å². The highest BCUT2D eigenvalue weighted by atomic mass is 16.3. The molecule has 0 bridgehead atoms. The quantitative estimate of drug-likeness (QED) is 0.478. The average Bonchev–Trinajstić information content (AvgIpc) is 2.30. The Labute approximate surface area is 114 Å². The van der Waals surface area contributed by atoms with E-state index in [-0.39, 0.29) is 0 Å². The van der Waals surface area contributed by atoms with Gasteiger partial charge in [0.25, 0.3) is 0 Å². The summed E-state index contributed by atoms with van der Waals surface area (Å²) in [6.45, 7) is 11.2. The minimum Gasteiger partial charge on any atom is -0.388 e. The summed E-state index contributed by atoms with van der Waals surface area (Å²) in [5, 5.41) is 13.5. The van der Waals surface area contributed by atoms with Crippen LogP contribution in [0.3, 0.4) is 0 Å². The third kappa shape index (κ3) is 3.33. The van der Waals surface area contributed by atoms with E-state index in [1.165, 1.54) is 0 Å². The van der Waals surface area contributed by atoms with Gasteiger partial charge in [0, 0.05) is 12.0 Å². The van der Waals surface area contributed by atoms with E-state index in [1.807, 2.05) is 27.7 Å². The highest BCUT2D eigenvalue weighted by Gasteiger charge is 2.35. The van der Waals surface area contributed by atoms with E-state index in [1.54, 1.807) is 13.8 Å². The first kappa shape index (κ1) is 15.7. The molecule has 5 N–H and O–H groups in total. The van der Waals surface area contributed by atoms with Crippen molar-refractivity contribution in [3.63, 3.8) is 0 Å². The first-order valence-electron chi connectivity index (χ1n) is 6.47. The van der Waals surface area contributed by atoms with Crippen LogP contribution in [0, 0.1) is 6.92 Å². The largest absolute Gasteiger partial charge is 0.388 e. The van der Waals surface area contributed by atoms with Crippen molar-refractivity contribution in [3.05, 3.63) is 11.4 Å². The fourth-order valence-corrected chi connectivity index (χ4v) is 1.43. The fourth-order valence-electron chi connectivity index (χ4n) is 1.43. The molecule has 0 fully saturated rings. The maximum absolute atomic E-state index is 10.2. The van der Waals surface area contributed by atoms with Crippen LogP contribution in [0.2, 0.25) is 0 Å². The van der Waals surface area contributed by atoms with Gasteiger partial charge < -0.3 is 15.8 Å². The van der Waals surface area contributed by atoms with Crippen LogP contribution in [0.1, 0.15) is 46.0 Å². The Bertz CT molecular complexity index is 451. The summed E-state index contributed by atoms with van der Waals surface area (Å²) in [5.74, 6) is 7.46. The predicted molar refractivity (Wildman–Crippen MR) is 78.0 cm³/mol. The zero-order valence-electron chi connectivity index (χ0n) is 12.6. The van der Waals surface area contributed by atoms with Crippen LogP contribution in [0.25, 0.3) is 0 Å². The summed E-state index contributed by atoms with van der Waals surface area (Å²) in [4.78, 5) is 8.78. The minimum absolute atomic E-state index is 0.539. The molecule has 0 amide bonds. The van der Waals surface area contributed by atoms with E-state index < -0.39 is 11.1 Å². The molecule has 19 heavy (non-hydrogen) atoms. The minimum atomic E-state index is -0.896. The fraction of sp³-hybridized carbons (Fsp3) is 0.692. The van der Waals surface area contributed by atoms with E-state index in [9.17, 15) is 5.11 Å². The van der Waals surface area contributed by atoms with E-state index in [0.29, 0.717) is 23.9 Å². The summed E-state index contributed by atoms with van der Waals surface area (Å²) in [7, 11) is 0. The molecule has 1 aromatic rings. The van der Waals surface area contributed by atoms with Gasteiger partial charge in [0.2, 0.25) is 0 Å². The molecule has 0 saturated carbocycles. The molecule has 1 aromatic heterocycles. The topological polar surface area (TPSA) is 96.1 Å². The monoisotopic (exact) mass is 267 g/mol. The van der Waals surface area contributed by atoms with Crippen molar-refractivity contribution in [2.24, 2.45) is 5.84 Å². The summed E-state index contributed by atoms with van der Waals surface area (Å²) in [6.07, 6.45) is 0.715. The number of aliphatic hydroxyl groups is 1. The van der Waals surface area contributed by atoms with E-state index in [2.05, 4.69) is 20.7 Å². The number of aryl methyl sites for hydroxylation is 1. The highest BCUT2D eigenvalue weighted by molar-refractivity contribution is 5.58. The van der Waals surface area contributed by atoms with Crippen molar-refractivity contribution in [3.8, 4) is 0 Å². The zero-order valence-corrected chi connectivity index (χ0v) is 12.6. The number of nitrogens with zero attached hydrogens (tertiary/aromatic N) is 2. The van der Waals surface area contributed by atoms with Gasteiger partial charge in [-0.25, -0.2) is 15.8 Å². The molecule has 0 aliphatic carbocycles. The third-order valence-corrected chi connectivity index (χ3v) is 3.61. The predicted octanol–water partition coefficient (Wildman–Crippen LogP) is 1.59. The van der Waals surface area contributed by atoms with Gasteiger partial charge in [-0.15, -0.1) is 0 Å². The number of rotatable bonds is 5. The maximum atomic E-state index is 10.2. The molecule has 0 aliphatic rings. The molecule has 0 radical (unpaired) electrons. The third-order valence-electron chi connectivity index (χ3n) is 3.61. The highest BCUT2D eigenvalue weighted by Crippen LogP contribution is 2.28. The molecule has 0 atom stereocenters. The van der Waals surface area contributed by atoms with Crippen molar-refractivity contribution in [2.75, 3.05) is 10.7 Å². The smallest absolute Gasteiger partial charge is 0.148 e. The average molecular weight is 267 g/mol. The lowest BCUT2D eigenvalue weighted by molar-refractivity contribution is 0.0238. The Balaban J connectivity index is 3.21. The second-order valence-electron chi connectivity index (χ2n) is 5.77. The number of nitrogens with one attached hydrogen (secondary N) is 2. The van der Waals surface area contributed by atoms with Gasteiger partial charge in [0.05, 0.1) is 11.1 Å². The molecule has 6 nitrogen and oxygen atoms in total. The number of hydrazine groups is 1. The summed E-state index contributed by atoms with van der Waals surface area (Å²) in [5.41, 5.74) is 1.98. The van der Waals surface area contributed by atoms with E-state index in [4.69, 9.17) is 5.84 Å². The molecule has 6 heteroatoms. The van der Waals surface area contributed by atoms with Gasteiger partial charge in [0.1, 0.15) is 17.5 Å². The number of hydrogen-bond acceptors (Lipinski definition) is 6. The molecule has 1 heterocycles. The van der Waals surface area contributed by atoms with Gasteiger partial charge in [-0.2, -0.15) is 0 Å². The second kappa shape index (κ2) is 5.30.